The molecule has 1 aromatic carbocycles. The summed E-state index contributed by atoms with van der Waals surface area (Å²) in [4.78, 5) is 30.4. The van der Waals surface area contributed by atoms with E-state index in [1.165, 1.54) is 11.1 Å². The Hall–Kier alpha value is -3.21. The first-order chi connectivity index (χ1) is 14.0. The van der Waals surface area contributed by atoms with Crippen LogP contribution in [0, 0.1) is 5.92 Å². The number of pyridine rings is 1. The Bertz CT molecular complexity index is 899. The van der Waals surface area contributed by atoms with Crippen LogP contribution in [0.4, 0.5) is 5.82 Å². The van der Waals surface area contributed by atoms with Gasteiger partial charge in [0.05, 0.1) is 0 Å². The van der Waals surface area contributed by atoms with Gasteiger partial charge in [-0.25, -0.2) is 4.98 Å². The molecular weight excluding hydrogens is 362 g/mol. The maximum atomic E-state index is 12.6. The smallest absolute Gasteiger partial charge is 0.246 e. The van der Waals surface area contributed by atoms with E-state index in [1.54, 1.807) is 24.4 Å². The normalized spacial score (nSPS) is 14.6. The fourth-order valence-corrected chi connectivity index (χ4v) is 3.12. The fraction of sp³-hybridized carbons (Fsp3) is 0.292. The van der Waals surface area contributed by atoms with Crippen LogP contribution in [0.25, 0.3) is 11.6 Å². The average molecular weight is 389 g/mol. The monoisotopic (exact) mass is 389 g/mol. The fourth-order valence-electron chi connectivity index (χ4n) is 3.12. The van der Waals surface area contributed by atoms with Crippen molar-refractivity contribution < 1.29 is 9.59 Å². The van der Waals surface area contributed by atoms with Crippen LogP contribution in [0.1, 0.15) is 37.8 Å². The van der Waals surface area contributed by atoms with Gasteiger partial charge in [0.15, 0.2) is 0 Å². The number of carbonyl (C=O) groups excluding carboxylic acids is 2. The summed E-state index contributed by atoms with van der Waals surface area (Å²) in [5.41, 5.74) is 3.35. The van der Waals surface area contributed by atoms with E-state index in [0.29, 0.717) is 12.4 Å². The number of hydrogen-bond donors (Lipinski definition) is 1. The summed E-state index contributed by atoms with van der Waals surface area (Å²) in [6.45, 7) is 5.10. The van der Waals surface area contributed by atoms with Crippen LogP contribution in [0.15, 0.2) is 60.8 Å². The van der Waals surface area contributed by atoms with E-state index in [2.05, 4.69) is 28.5 Å². The van der Waals surface area contributed by atoms with Gasteiger partial charge in [0.2, 0.25) is 11.8 Å². The minimum absolute atomic E-state index is 0.00454. The highest BCUT2D eigenvalue weighted by Crippen LogP contribution is 2.22. The molecule has 1 N–H and O–H groups in total. The molecular formula is C24H27N3O2. The largest absolute Gasteiger partial charge is 0.339 e. The van der Waals surface area contributed by atoms with Gasteiger partial charge in [-0.1, -0.05) is 50.3 Å². The van der Waals surface area contributed by atoms with Crippen LogP contribution in [-0.2, 0) is 9.59 Å². The van der Waals surface area contributed by atoms with Crippen LogP contribution < -0.4 is 5.32 Å². The zero-order valence-electron chi connectivity index (χ0n) is 17.0. The lowest BCUT2D eigenvalue weighted by atomic mass is 10.0. The summed E-state index contributed by atoms with van der Waals surface area (Å²) in [7, 11) is 0. The summed E-state index contributed by atoms with van der Waals surface area (Å²) in [5, 5.41) is 2.75. The molecule has 0 fully saturated rings. The number of rotatable bonds is 5. The number of aromatic nitrogens is 1. The van der Waals surface area contributed by atoms with E-state index in [0.717, 1.165) is 24.9 Å². The third-order valence-corrected chi connectivity index (χ3v) is 4.88. The number of anilines is 1. The molecule has 1 aliphatic rings. The molecule has 5 heteroatoms. The molecule has 0 radical (unpaired) electrons. The second-order valence-corrected chi connectivity index (χ2v) is 7.41. The van der Waals surface area contributed by atoms with Crippen LogP contribution >= 0.6 is 0 Å². The first-order valence-electron chi connectivity index (χ1n) is 10.0. The summed E-state index contributed by atoms with van der Waals surface area (Å²) < 4.78 is 0. The Morgan fingerprint density at radius 3 is 2.59 bits per heavy atom. The number of amides is 2. The van der Waals surface area contributed by atoms with Gasteiger partial charge in [-0.3, -0.25) is 9.59 Å². The highest BCUT2D eigenvalue weighted by atomic mass is 16.2. The molecule has 0 saturated carbocycles. The van der Waals surface area contributed by atoms with Crippen molar-refractivity contribution in [2.24, 2.45) is 5.92 Å². The number of nitrogens with one attached hydrogen (secondary N) is 1. The first kappa shape index (κ1) is 20.5. The number of carbonyl (C=O) groups is 2. The van der Waals surface area contributed by atoms with E-state index in [9.17, 15) is 9.59 Å². The van der Waals surface area contributed by atoms with E-state index in [-0.39, 0.29) is 17.7 Å². The van der Waals surface area contributed by atoms with Gasteiger partial charge in [-0.05, 0) is 47.8 Å². The topological polar surface area (TPSA) is 62.3 Å². The SMILES string of the molecule is CC(C)C(=O)Nc1ccc(/C=C/C(=O)N2CCC=C(c3ccccc3)CC2)cn1. The number of nitrogens with zero attached hydrogens (tertiary/aromatic N) is 2. The van der Waals surface area contributed by atoms with Gasteiger partial charge in [-0.2, -0.15) is 0 Å². The minimum atomic E-state index is -0.0977. The highest BCUT2D eigenvalue weighted by Gasteiger charge is 2.15. The van der Waals surface area contributed by atoms with E-state index < -0.39 is 0 Å². The Balaban J connectivity index is 1.55. The quantitative estimate of drug-likeness (QED) is 0.771. The second kappa shape index (κ2) is 9.82. The van der Waals surface area contributed by atoms with Crippen molar-refractivity contribution >= 4 is 29.3 Å². The van der Waals surface area contributed by atoms with Crippen molar-refractivity contribution in [1.82, 2.24) is 9.88 Å². The molecule has 0 atom stereocenters. The Morgan fingerprint density at radius 2 is 1.90 bits per heavy atom. The average Bonchev–Trinajstić information content (AvgIpc) is 3.00. The molecule has 2 heterocycles. The van der Waals surface area contributed by atoms with Crippen LogP contribution in [0.2, 0.25) is 0 Å². The Labute approximate surface area is 172 Å². The van der Waals surface area contributed by atoms with Crippen LogP contribution in [0.3, 0.4) is 0 Å². The van der Waals surface area contributed by atoms with Crippen molar-refractivity contribution in [3.63, 3.8) is 0 Å². The maximum absolute atomic E-state index is 12.6. The van der Waals surface area contributed by atoms with E-state index in [4.69, 9.17) is 0 Å². The van der Waals surface area contributed by atoms with E-state index >= 15 is 0 Å². The molecule has 0 bridgehead atoms. The number of hydrogen-bond acceptors (Lipinski definition) is 3. The van der Waals surface area contributed by atoms with Gasteiger partial charge >= 0.3 is 0 Å². The summed E-state index contributed by atoms with van der Waals surface area (Å²) in [6.07, 6.45) is 8.96. The molecule has 2 amide bonds. The third kappa shape index (κ3) is 5.88. The lowest BCUT2D eigenvalue weighted by Gasteiger charge is -2.18. The lowest BCUT2D eigenvalue weighted by Crippen LogP contribution is -2.30. The maximum Gasteiger partial charge on any atom is 0.246 e. The van der Waals surface area contributed by atoms with Crippen molar-refractivity contribution in [3.05, 3.63) is 71.9 Å². The van der Waals surface area contributed by atoms with Gasteiger partial charge in [0, 0.05) is 31.3 Å². The van der Waals surface area contributed by atoms with Crippen molar-refractivity contribution in [2.45, 2.75) is 26.7 Å². The molecule has 150 valence electrons. The molecule has 29 heavy (non-hydrogen) atoms. The zero-order chi connectivity index (χ0) is 20.6. The van der Waals surface area contributed by atoms with Gasteiger partial charge in [-0.15, -0.1) is 0 Å². The standard InChI is InChI=1S/C24H27N3O2/c1-18(2)24(29)26-22-12-10-19(17-25-22)11-13-23(28)27-15-6-9-21(14-16-27)20-7-4-3-5-8-20/h3-5,7-13,17-18H,6,14-16H2,1-2H3,(H,25,26,29)/b13-11+. The highest BCUT2D eigenvalue weighted by molar-refractivity contribution is 5.92. The molecule has 3 rings (SSSR count). The molecule has 1 aromatic heterocycles. The zero-order valence-corrected chi connectivity index (χ0v) is 17.0. The predicted octanol–water partition coefficient (Wildman–Crippen LogP) is 4.40. The summed E-state index contributed by atoms with van der Waals surface area (Å²) in [5.74, 6) is 0.351. The Morgan fingerprint density at radius 1 is 1.10 bits per heavy atom. The molecule has 0 aliphatic carbocycles. The van der Waals surface area contributed by atoms with Gasteiger partial charge in [0.1, 0.15) is 5.82 Å². The van der Waals surface area contributed by atoms with Crippen molar-refractivity contribution in [3.8, 4) is 0 Å². The third-order valence-electron chi connectivity index (χ3n) is 4.88. The lowest BCUT2D eigenvalue weighted by molar-refractivity contribution is -0.125. The van der Waals surface area contributed by atoms with Crippen LogP contribution in [0.5, 0.6) is 0 Å². The molecule has 0 saturated heterocycles. The van der Waals surface area contributed by atoms with Crippen molar-refractivity contribution in [2.75, 3.05) is 18.4 Å². The molecule has 5 nitrogen and oxygen atoms in total. The van der Waals surface area contributed by atoms with E-state index in [1.807, 2.05) is 43.0 Å². The molecule has 2 aromatic rings. The molecule has 0 unspecified atom stereocenters. The second-order valence-electron chi connectivity index (χ2n) is 7.41. The predicted molar refractivity (Wildman–Crippen MR) is 117 cm³/mol. The first-order valence-corrected chi connectivity index (χ1v) is 10.0. The number of benzene rings is 1. The molecule has 0 spiro atoms. The molecule has 1 aliphatic heterocycles. The van der Waals surface area contributed by atoms with Crippen molar-refractivity contribution in [1.29, 1.82) is 0 Å². The summed E-state index contributed by atoms with van der Waals surface area (Å²) >= 11 is 0. The minimum Gasteiger partial charge on any atom is -0.339 e. The summed E-state index contributed by atoms with van der Waals surface area (Å²) in [6, 6.07) is 13.9. The Kier molecular flexibility index (Phi) is 6.95. The van der Waals surface area contributed by atoms with Gasteiger partial charge < -0.3 is 10.2 Å². The van der Waals surface area contributed by atoms with Crippen LogP contribution in [-0.4, -0.2) is 34.8 Å². The van der Waals surface area contributed by atoms with Gasteiger partial charge in [0.25, 0.3) is 0 Å².